The molecule has 1 saturated heterocycles. The maximum Gasteiger partial charge on any atom is 0.251 e. The van der Waals surface area contributed by atoms with Crippen LogP contribution < -0.4 is 5.32 Å². The largest absolute Gasteiger partial charge is 0.342 e. The van der Waals surface area contributed by atoms with Crippen molar-refractivity contribution in [2.45, 2.75) is 37.6 Å². The highest BCUT2D eigenvalue weighted by molar-refractivity contribution is 7.89. The number of nitrogens with one attached hydrogen (secondary N) is 2. The summed E-state index contributed by atoms with van der Waals surface area (Å²) in [7, 11) is -3.59. The van der Waals surface area contributed by atoms with Crippen molar-refractivity contribution < 1.29 is 13.2 Å². The van der Waals surface area contributed by atoms with Crippen molar-refractivity contribution in [3.63, 3.8) is 0 Å². The Hall–Kier alpha value is -3.11. The van der Waals surface area contributed by atoms with Gasteiger partial charge in [-0.1, -0.05) is 6.07 Å². The van der Waals surface area contributed by atoms with E-state index in [9.17, 15) is 13.2 Å². The predicted molar refractivity (Wildman–Crippen MR) is 115 cm³/mol. The molecule has 1 fully saturated rings. The van der Waals surface area contributed by atoms with Crippen molar-refractivity contribution in [2.75, 3.05) is 13.1 Å². The molecule has 0 spiro atoms. The van der Waals surface area contributed by atoms with Crippen molar-refractivity contribution in [1.29, 1.82) is 0 Å². The Morgan fingerprint density at radius 3 is 2.71 bits per heavy atom. The highest BCUT2D eigenvalue weighted by atomic mass is 32.2. The minimum absolute atomic E-state index is 0.127. The molecule has 2 N–H and O–H groups in total. The zero-order valence-corrected chi connectivity index (χ0v) is 18.2. The van der Waals surface area contributed by atoms with Crippen LogP contribution in [0.15, 0.2) is 47.5 Å². The van der Waals surface area contributed by atoms with Gasteiger partial charge in [0.25, 0.3) is 5.91 Å². The number of rotatable bonds is 6. The fraction of sp³-hybridized carbons (Fsp3) is 0.333. The van der Waals surface area contributed by atoms with Crippen molar-refractivity contribution in [3.05, 3.63) is 59.5 Å². The number of benzene rings is 1. The van der Waals surface area contributed by atoms with Gasteiger partial charge in [0.05, 0.1) is 10.9 Å². The Balaban J connectivity index is 1.48. The topological polar surface area (TPSA) is 121 Å². The zero-order chi connectivity index (χ0) is 22.0. The maximum atomic E-state index is 12.8. The molecule has 2 aromatic heterocycles. The van der Waals surface area contributed by atoms with Crippen LogP contribution in [0, 0.1) is 6.92 Å². The van der Waals surface area contributed by atoms with Gasteiger partial charge in [-0.05, 0) is 62.6 Å². The number of carbonyl (C=O) groups excluding carboxylic acids is 1. The Morgan fingerprint density at radius 1 is 1.19 bits per heavy atom. The molecule has 1 aliphatic rings. The number of sulfonamides is 1. The van der Waals surface area contributed by atoms with Crippen LogP contribution in [0.3, 0.4) is 0 Å². The SMILES string of the molecule is Cc1ccnc(-c2n[nH]c(C(C)NC(=O)c3cccc(S(=O)(=O)N4CCCC4)c3)n2)c1. The first-order valence-corrected chi connectivity index (χ1v) is 11.5. The number of carbonyl (C=O) groups is 1. The van der Waals surface area contributed by atoms with E-state index < -0.39 is 22.0 Å². The molecule has 3 aromatic rings. The van der Waals surface area contributed by atoms with Gasteiger partial charge in [-0.3, -0.25) is 14.9 Å². The number of pyridine rings is 1. The van der Waals surface area contributed by atoms with Crippen LogP contribution in [0.1, 0.15) is 47.6 Å². The molecule has 0 aliphatic carbocycles. The zero-order valence-electron chi connectivity index (χ0n) is 17.4. The lowest BCUT2D eigenvalue weighted by atomic mass is 10.2. The summed E-state index contributed by atoms with van der Waals surface area (Å²) in [6.07, 6.45) is 3.40. The van der Waals surface area contributed by atoms with E-state index in [1.54, 1.807) is 25.3 Å². The second kappa shape index (κ2) is 8.56. The van der Waals surface area contributed by atoms with Gasteiger partial charge < -0.3 is 5.32 Å². The van der Waals surface area contributed by atoms with Crippen molar-refractivity contribution >= 4 is 15.9 Å². The highest BCUT2D eigenvalue weighted by Crippen LogP contribution is 2.22. The van der Waals surface area contributed by atoms with E-state index in [2.05, 4.69) is 25.5 Å². The fourth-order valence-corrected chi connectivity index (χ4v) is 5.03. The third-order valence-corrected chi connectivity index (χ3v) is 7.10. The Kier molecular flexibility index (Phi) is 5.84. The second-order valence-electron chi connectivity index (χ2n) is 7.60. The molecule has 1 unspecified atom stereocenters. The van der Waals surface area contributed by atoms with E-state index in [1.807, 2.05) is 19.1 Å². The maximum absolute atomic E-state index is 12.8. The van der Waals surface area contributed by atoms with Gasteiger partial charge in [-0.15, -0.1) is 0 Å². The predicted octanol–water partition coefficient (Wildman–Crippen LogP) is 2.45. The monoisotopic (exact) mass is 440 g/mol. The molecule has 3 heterocycles. The number of aromatic nitrogens is 4. The van der Waals surface area contributed by atoms with Crippen LogP contribution in [0.5, 0.6) is 0 Å². The molecule has 31 heavy (non-hydrogen) atoms. The Morgan fingerprint density at radius 2 is 1.97 bits per heavy atom. The third kappa shape index (κ3) is 4.49. The minimum Gasteiger partial charge on any atom is -0.342 e. The molecule has 4 rings (SSSR count). The molecule has 0 radical (unpaired) electrons. The number of aromatic amines is 1. The van der Waals surface area contributed by atoms with Gasteiger partial charge in [0.1, 0.15) is 11.5 Å². The minimum atomic E-state index is -3.59. The number of hydrogen-bond acceptors (Lipinski definition) is 6. The van der Waals surface area contributed by atoms with Gasteiger partial charge >= 0.3 is 0 Å². The van der Waals surface area contributed by atoms with Crippen LogP contribution in [-0.4, -0.2) is 51.9 Å². The standard InChI is InChI=1S/C21H24N6O3S/c1-14-8-9-22-18(12-14)20-24-19(25-26-20)15(2)23-21(28)16-6-5-7-17(13-16)31(29,30)27-10-3-4-11-27/h5-9,12-13,15H,3-4,10-11H2,1-2H3,(H,23,28)(H,24,25,26). The summed E-state index contributed by atoms with van der Waals surface area (Å²) in [5.41, 5.74) is 1.95. The summed E-state index contributed by atoms with van der Waals surface area (Å²) in [5.74, 6) is 0.531. The van der Waals surface area contributed by atoms with Gasteiger partial charge in [-0.2, -0.15) is 9.40 Å². The Bertz CT molecular complexity index is 1200. The summed E-state index contributed by atoms with van der Waals surface area (Å²) >= 11 is 0. The normalized spacial score (nSPS) is 15.7. The van der Waals surface area contributed by atoms with Gasteiger partial charge in [0.15, 0.2) is 5.82 Å². The lowest BCUT2D eigenvalue weighted by molar-refractivity contribution is 0.0938. The molecule has 1 aliphatic heterocycles. The van der Waals surface area contributed by atoms with Crippen molar-refractivity contribution in [2.24, 2.45) is 0 Å². The average Bonchev–Trinajstić information content (AvgIpc) is 3.46. The van der Waals surface area contributed by atoms with E-state index in [4.69, 9.17) is 0 Å². The van der Waals surface area contributed by atoms with Gasteiger partial charge in [0.2, 0.25) is 10.0 Å². The summed E-state index contributed by atoms with van der Waals surface area (Å²) in [4.78, 5) is 21.6. The van der Waals surface area contributed by atoms with Gasteiger partial charge in [-0.25, -0.2) is 13.4 Å². The molecule has 0 saturated carbocycles. The quantitative estimate of drug-likeness (QED) is 0.607. The van der Waals surface area contributed by atoms with E-state index in [-0.39, 0.29) is 10.5 Å². The molecule has 1 aromatic carbocycles. The first-order chi connectivity index (χ1) is 14.8. The lowest BCUT2D eigenvalue weighted by Gasteiger charge is -2.16. The number of H-pyrrole nitrogens is 1. The van der Waals surface area contributed by atoms with Crippen LogP contribution in [0.25, 0.3) is 11.5 Å². The molecule has 162 valence electrons. The fourth-order valence-electron chi connectivity index (χ4n) is 3.46. The molecule has 1 amide bonds. The summed E-state index contributed by atoms with van der Waals surface area (Å²) in [5, 5.41) is 9.85. The Labute approximate surface area is 181 Å². The van der Waals surface area contributed by atoms with Crippen molar-refractivity contribution in [1.82, 2.24) is 29.8 Å². The highest BCUT2D eigenvalue weighted by Gasteiger charge is 2.28. The van der Waals surface area contributed by atoms with Crippen LogP contribution in [-0.2, 0) is 10.0 Å². The molecular weight excluding hydrogens is 416 g/mol. The van der Waals surface area contributed by atoms with E-state index in [0.29, 0.717) is 30.4 Å². The number of hydrogen-bond donors (Lipinski definition) is 2. The summed E-state index contributed by atoms with van der Waals surface area (Å²) in [6.45, 7) is 4.76. The average molecular weight is 441 g/mol. The van der Waals surface area contributed by atoms with E-state index in [0.717, 1.165) is 18.4 Å². The number of aryl methyl sites for hydroxylation is 1. The van der Waals surface area contributed by atoms with Crippen LogP contribution in [0.2, 0.25) is 0 Å². The number of amides is 1. The first kappa shape index (κ1) is 21.1. The van der Waals surface area contributed by atoms with Crippen molar-refractivity contribution in [3.8, 4) is 11.5 Å². The smallest absolute Gasteiger partial charge is 0.251 e. The molecule has 1 atom stereocenters. The first-order valence-electron chi connectivity index (χ1n) is 10.1. The molecule has 9 nitrogen and oxygen atoms in total. The molecule has 10 heteroatoms. The van der Waals surface area contributed by atoms with E-state index in [1.165, 1.54) is 16.4 Å². The second-order valence-corrected chi connectivity index (χ2v) is 9.53. The van der Waals surface area contributed by atoms with Crippen LogP contribution >= 0.6 is 0 Å². The lowest BCUT2D eigenvalue weighted by Crippen LogP contribution is -2.29. The summed E-state index contributed by atoms with van der Waals surface area (Å²) < 4.78 is 27.0. The molecular formula is C21H24N6O3S. The molecule has 0 bridgehead atoms. The van der Waals surface area contributed by atoms with E-state index >= 15 is 0 Å². The van der Waals surface area contributed by atoms with Crippen LogP contribution in [0.4, 0.5) is 0 Å². The summed E-state index contributed by atoms with van der Waals surface area (Å²) in [6, 6.07) is 9.41. The van der Waals surface area contributed by atoms with Gasteiger partial charge in [0, 0.05) is 24.8 Å². The number of nitrogens with zero attached hydrogens (tertiary/aromatic N) is 4. The third-order valence-electron chi connectivity index (χ3n) is 5.20.